The number of pyridine rings is 1. The van der Waals surface area contributed by atoms with E-state index in [1.165, 1.54) is 30.5 Å². The third-order valence-corrected chi connectivity index (χ3v) is 9.01. The Kier molecular flexibility index (Phi) is 10.9. The van der Waals surface area contributed by atoms with Crippen molar-refractivity contribution in [1.29, 1.82) is 0 Å². The summed E-state index contributed by atoms with van der Waals surface area (Å²) in [5.74, 6) is -0.493. The number of amides is 3. The minimum absolute atomic E-state index is 0. The molecule has 3 aromatic rings. The Hall–Kier alpha value is -4.26. The molecule has 0 bridgehead atoms. The fraction of sp³-hybridized carbons (Fsp3) is 0.412. The summed E-state index contributed by atoms with van der Waals surface area (Å²) in [6.45, 7) is 5.70. The third-order valence-electron chi connectivity index (χ3n) is 9.01. The Morgan fingerprint density at radius 1 is 0.936 bits per heavy atom. The first-order valence-corrected chi connectivity index (χ1v) is 15.7. The van der Waals surface area contributed by atoms with Gasteiger partial charge in [0, 0.05) is 57.6 Å². The monoisotopic (exact) mass is 666 g/mol. The largest absolute Gasteiger partial charge is 0.460 e. The topological polar surface area (TPSA) is 108 Å². The predicted octanol–water partition coefficient (Wildman–Crippen LogP) is 5.28. The molecular weight excluding hydrogens is 627 g/mol. The van der Waals surface area contributed by atoms with Crippen LogP contribution in [0.1, 0.15) is 31.2 Å². The third kappa shape index (κ3) is 8.19. The van der Waals surface area contributed by atoms with Gasteiger partial charge in [-0.1, -0.05) is 34.8 Å². The zero-order valence-electron chi connectivity index (χ0n) is 26.3. The molecule has 1 aromatic heterocycles. The van der Waals surface area contributed by atoms with Gasteiger partial charge >= 0.3 is 12.0 Å². The van der Waals surface area contributed by atoms with Crippen molar-refractivity contribution in [3.8, 4) is 11.5 Å². The van der Waals surface area contributed by atoms with E-state index in [4.69, 9.17) is 9.47 Å². The van der Waals surface area contributed by atoms with Gasteiger partial charge in [-0.05, 0) is 68.6 Å². The Bertz CT molecular complexity index is 1530. The summed E-state index contributed by atoms with van der Waals surface area (Å²) in [6.07, 6.45) is 3.90. The number of nitrogens with one attached hydrogen (secondary N) is 1. The van der Waals surface area contributed by atoms with Gasteiger partial charge in [-0.25, -0.2) is 9.78 Å². The summed E-state index contributed by atoms with van der Waals surface area (Å²) in [7, 11) is 2.15. The molecule has 13 heteroatoms. The number of rotatable bonds is 9. The number of likely N-dealkylation sites (tertiary alicyclic amines) is 1. The summed E-state index contributed by atoms with van der Waals surface area (Å²) in [5.41, 5.74) is -0.747. The van der Waals surface area contributed by atoms with E-state index in [0.717, 1.165) is 44.6 Å². The van der Waals surface area contributed by atoms with Gasteiger partial charge in [0.2, 0.25) is 0 Å². The molecule has 1 N–H and O–H groups in total. The van der Waals surface area contributed by atoms with Crippen LogP contribution in [-0.4, -0.2) is 89.9 Å². The Labute approximate surface area is 280 Å². The van der Waals surface area contributed by atoms with Crippen LogP contribution in [0.25, 0.3) is 0 Å². The lowest BCUT2D eigenvalue weighted by Gasteiger charge is -2.42. The summed E-state index contributed by atoms with van der Waals surface area (Å²) >= 11 is 0. The maximum atomic E-state index is 15.2. The molecule has 0 atom stereocenters. The molecule has 47 heavy (non-hydrogen) atoms. The molecule has 1 saturated carbocycles. The van der Waals surface area contributed by atoms with Crippen molar-refractivity contribution in [3.05, 3.63) is 78.5 Å². The van der Waals surface area contributed by atoms with Crippen molar-refractivity contribution in [3.63, 3.8) is 0 Å². The van der Waals surface area contributed by atoms with E-state index in [-0.39, 0.29) is 48.7 Å². The van der Waals surface area contributed by atoms with E-state index in [0.29, 0.717) is 36.4 Å². The first kappa shape index (κ1) is 34.1. The number of carbonyl (C=O) groups excluding carboxylic acids is 3. The van der Waals surface area contributed by atoms with Crippen molar-refractivity contribution in [2.45, 2.75) is 38.3 Å². The quantitative estimate of drug-likeness (QED) is 0.187. The molecule has 2 aromatic carbocycles. The van der Waals surface area contributed by atoms with Crippen LogP contribution < -0.4 is 15.2 Å². The number of hydrogen-bond acceptors (Lipinski definition) is 8. The van der Waals surface area contributed by atoms with Crippen LogP contribution in [0.3, 0.4) is 0 Å². The van der Waals surface area contributed by atoms with E-state index in [1.807, 2.05) is 35.2 Å². The molecule has 1 aliphatic carbocycles. The second-order valence-corrected chi connectivity index (χ2v) is 12.2. The van der Waals surface area contributed by atoms with Crippen LogP contribution in [0.2, 0.25) is 0 Å². The van der Waals surface area contributed by atoms with Gasteiger partial charge in [0.15, 0.2) is 0 Å². The molecule has 2 saturated heterocycles. The van der Waals surface area contributed by atoms with Crippen LogP contribution >= 0.6 is 12.4 Å². The van der Waals surface area contributed by atoms with E-state index in [9.17, 15) is 14.4 Å². The number of ether oxygens (including phenoxy) is 2. The fourth-order valence-corrected chi connectivity index (χ4v) is 5.93. The second kappa shape index (κ2) is 15.1. The molecule has 6 rings (SSSR count). The van der Waals surface area contributed by atoms with Crippen molar-refractivity contribution in [1.82, 2.24) is 19.7 Å². The van der Waals surface area contributed by atoms with Crippen molar-refractivity contribution < 1.29 is 28.3 Å². The van der Waals surface area contributed by atoms with E-state index < -0.39 is 17.3 Å². The number of benzene rings is 2. The normalized spacial score (nSPS) is 18.0. The molecular formula is C34H40ClFN6O5. The highest BCUT2D eigenvalue weighted by atomic mass is 35.5. The Morgan fingerprint density at radius 2 is 1.62 bits per heavy atom. The number of nitrogens with zero attached hydrogens (tertiary/aromatic N) is 5. The van der Waals surface area contributed by atoms with E-state index in [2.05, 4.69) is 27.1 Å². The fourth-order valence-electron chi connectivity index (χ4n) is 5.93. The van der Waals surface area contributed by atoms with Crippen LogP contribution in [0, 0.1) is 5.41 Å². The van der Waals surface area contributed by atoms with Crippen molar-refractivity contribution >= 4 is 41.8 Å². The van der Waals surface area contributed by atoms with Gasteiger partial charge in [0.1, 0.15) is 29.3 Å². The molecule has 0 spiro atoms. The lowest BCUT2D eigenvalue weighted by atomic mass is 10.0. The van der Waals surface area contributed by atoms with Crippen molar-refractivity contribution in [2.75, 3.05) is 56.8 Å². The zero-order chi connectivity index (χ0) is 32.1. The molecule has 3 fully saturated rings. The number of piperazine rings is 1. The number of likely N-dealkylation sites (N-methyl/N-ethyl adjacent to an activating group) is 1. The molecule has 2 aliphatic heterocycles. The second-order valence-electron chi connectivity index (χ2n) is 12.2. The average molecular weight is 667 g/mol. The Morgan fingerprint density at radius 3 is 2.28 bits per heavy atom. The molecule has 3 amide bonds. The van der Waals surface area contributed by atoms with E-state index >= 15 is 4.48 Å². The van der Waals surface area contributed by atoms with Crippen LogP contribution in [0.5, 0.6) is 11.5 Å². The highest BCUT2D eigenvalue weighted by Crippen LogP contribution is 2.49. The maximum Gasteiger partial charge on any atom is 0.323 e. The highest BCUT2D eigenvalue weighted by molar-refractivity contribution is 6.11. The van der Waals surface area contributed by atoms with Gasteiger partial charge in [0.25, 0.3) is 5.91 Å². The molecule has 250 valence electrons. The van der Waals surface area contributed by atoms with Crippen molar-refractivity contribution in [2.24, 2.45) is 5.41 Å². The molecule has 3 heterocycles. The maximum absolute atomic E-state index is 15.2. The van der Waals surface area contributed by atoms with Crippen LogP contribution in [-0.2, 0) is 20.9 Å². The summed E-state index contributed by atoms with van der Waals surface area (Å²) in [6, 6.07) is 18.5. The SMILES string of the molecule is CN1CCN(C2CCN(C(=O)Nc3cc(Oc4ccc(N(F)C(=O)C5(C(=O)OCc6ccccc6)CC5)cc4)ccn3)CC2)CC1.Cl. The first-order valence-electron chi connectivity index (χ1n) is 15.7. The standard InChI is InChI=1S/C34H39FN6O5.ClH/c1-38-19-21-39(22-20-38)26-12-17-40(18-13-26)33(44)37-30-23-29(11-16-36-30)46-28-9-7-27(8-10-28)41(35)31(42)34(14-15-34)32(43)45-24-25-5-3-2-4-6-25;/h2-11,16,23,26H,12-15,17-22,24H2,1H3,(H,36,37,44);1H. The molecule has 0 unspecified atom stereocenters. The van der Waals surface area contributed by atoms with Crippen LogP contribution in [0.4, 0.5) is 20.8 Å². The number of aromatic nitrogens is 1. The smallest absolute Gasteiger partial charge is 0.323 e. The minimum Gasteiger partial charge on any atom is -0.460 e. The van der Waals surface area contributed by atoms with Crippen LogP contribution in [0.15, 0.2) is 72.9 Å². The number of urea groups is 1. The number of halogens is 2. The summed E-state index contributed by atoms with van der Waals surface area (Å²) in [5, 5.41) is 2.86. The highest BCUT2D eigenvalue weighted by Gasteiger charge is 2.60. The predicted molar refractivity (Wildman–Crippen MR) is 177 cm³/mol. The number of esters is 1. The number of hydrogen-bond donors (Lipinski definition) is 1. The average Bonchev–Trinajstić information content (AvgIpc) is 3.90. The van der Waals surface area contributed by atoms with Gasteiger partial charge in [-0.15, -0.1) is 17.5 Å². The lowest BCUT2D eigenvalue weighted by Crippen LogP contribution is -2.53. The zero-order valence-corrected chi connectivity index (χ0v) is 27.2. The van der Waals surface area contributed by atoms with Gasteiger partial charge in [-0.2, -0.15) is 0 Å². The number of carbonyl (C=O) groups is 3. The molecule has 11 nitrogen and oxygen atoms in total. The molecule has 0 radical (unpaired) electrons. The summed E-state index contributed by atoms with van der Waals surface area (Å²) < 4.78 is 26.4. The number of anilines is 2. The van der Waals surface area contributed by atoms with Gasteiger partial charge in [0.05, 0.1) is 5.69 Å². The minimum atomic E-state index is -1.50. The lowest BCUT2D eigenvalue weighted by molar-refractivity contribution is -0.155. The summed E-state index contributed by atoms with van der Waals surface area (Å²) in [4.78, 5) is 49.6. The molecule has 3 aliphatic rings. The Balaban J connectivity index is 0.00000433. The number of piperidine rings is 1. The van der Waals surface area contributed by atoms with Gasteiger partial charge in [-0.3, -0.25) is 19.8 Å². The van der Waals surface area contributed by atoms with E-state index in [1.54, 1.807) is 12.1 Å². The first-order chi connectivity index (χ1) is 22.3. The van der Waals surface area contributed by atoms with Gasteiger partial charge < -0.3 is 19.3 Å².